The number of carbonyl (C=O) groups excluding carboxylic acids is 1. The maximum Gasteiger partial charge on any atom is 0.232 e. The van der Waals surface area contributed by atoms with E-state index in [0.29, 0.717) is 54.8 Å². The van der Waals surface area contributed by atoms with Gasteiger partial charge in [0, 0.05) is 38.8 Å². The second kappa shape index (κ2) is 8.13. The Bertz CT molecular complexity index is 960. The fourth-order valence-electron chi connectivity index (χ4n) is 3.11. The average molecular weight is 383 g/mol. The van der Waals surface area contributed by atoms with Crippen LogP contribution in [-0.2, 0) is 11.3 Å². The molecular weight excluding hydrogens is 362 g/mol. The molecule has 0 spiro atoms. The maximum atomic E-state index is 11.8. The van der Waals surface area contributed by atoms with Crippen molar-refractivity contribution in [1.82, 2.24) is 34.4 Å². The molecule has 3 N–H and O–H groups in total. The predicted molar refractivity (Wildman–Crippen MR) is 102 cm³/mol. The molecule has 146 valence electrons. The minimum absolute atomic E-state index is 0.0298. The lowest BCUT2D eigenvalue weighted by Gasteiger charge is -2.16. The van der Waals surface area contributed by atoms with Crippen LogP contribution >= 0.6 is 0 Å². The van der Waals surface area contributed by atoms with Crippen LogP contribution in [0.2, 0.25) is 0 Å². The average Bonchev–Trinajstić information content (AvgIpc) is 3.31. The molecule has 1 saturated heterocycles. The molecule has 0 saturated carbocycles. The predicted octanol–water partition coefficient (Wildman–Crippen LogP) is 0.386. The number of rotatable bonds is 8. The third-order valence-electron chi connectivity index (χ3n) is 4.47. The van der Waals surface area contributed by atoms with Crippen molar-refractivity contribution >= 4 is 34.7 Å². The first-order valence-corrected chi connectivity index (χ1v) is 9.13. The SMILES string of the molecule is O=C1CCCN1CCn1cnc2c(NCCO)nc(Nc3ccncn3)nc21. The van der Waals surface area contributed by atoms with Crippen LogP contribution in [0.1, 0.15) is 12.8 Å². The summed E-state index contributed by atoms with van der Waals surface area (Å²) in [4.78, 5) is 35.2. The minimum atomic E-state index is -0.0298. The Morgan fingerprint density at radius 3 is 2.89 bits per heavy atom. The van der Waals surface area contributed by atoms with Crippen LogP contribution < -0.4 is 10.6 Å². The Labute approximate surface area is 160 Å². The minimum Gasteiger partial charge on any atom is -0.395 e. The van der Waals surface area contributed by atoms with Crippen molar-refractivity contribution in [1.29, 1.82) is 0 Å². The Kier molecular flexibility index (Phi) is 5.24. The zero-order valence-corrected chi connectivity index (χ0v) is 15.2. The number of aromatic nitrogens is 6. The number of carbonyl (C=O) groups is 1. The van der Waals surface area contributed by atoms with Crippen LogP contribution in [0.3, 0.4) is 0 Å². The second-order valence-corrected chi connectivity index (χ2v) is 6.36. The van der Waals surface area contributed by atoms with Crippen molar-refractivity contribution in [2.45, 2.75) is 19.4 Å². The molecule has 11 nitrogen and oxygen atoms in total. The van der Waals surface area contributed by atoms with Gasteiger partial charge in [0.1, 0.15) is 12.1 Å². The van der Waals surface area contributed by atoms with Gasteiger partial charge in [0.2, 0.25) is 11.9 Å². The van der Waals surface area contributed by atoms with E-state index in [9.17, 15) is 4.79 Å². The Morgan fingerprint density at radius 1 is 1.21 bits per heavy atom. The lowest BCUT2D eigenvalue weighted by Crippen LogP contribution is -2.28. The van der Waals surface area contributed by atoms with Gasteiger partial charge in [-0.25, -0.2) is 15.0 Å². The van der Waals surface area contributed by atoms with Gasteiger partial charge >= 0.3 is 0 Å². The highest BCUT2D eigenvalue weighted by atomic mass is 16.3. The van der Waals surface area contributed by atoms with Gasteiger partial charge in [0.15, 0.2) is 17.0 Å². The monoisotopic (exact) mass is 383 g/mol. The number of nitrogens with zero attached hydrogens (tertiary/aromatic N) is 7. The van der Waals surface area contributed by atoms with E-state index in [1.165, 1.54) is 6.33 Å². The van der Waals surface area contributed by atoms with E-state index in [1.54, 1.807) is 18.6 Å². The lowest BCUT2D eigenvalue weighted by atomic mass is 10.4. The third kappa shape index (κ3) is 3.83. The summed E-state index contributed by atoms with van der Waals surface area (Å²) in [7, 11) is 0. The highest BCUT2D eigenvalue weighted by Crippen LogP contribution is 2.22. The van der Waals surface area contributed by atoms with E-state index in [2.05, 4.69) is 35.6 Å². The molecule has 3 aromatic heterocycles. The molecule has 0 bridgehead atoms. The summed E-state index contributed by atoms with van der Waals surface area (Å²) in [6, 6.07) is 1.71. The van der Waals surface area contributed by atoms with E-state index >= 15 is 0 Å². The fourth-order valence-corrected chi connectivity index (χ4v) is 3.11. The molecule has 3 aromatic rings. The number of fused-ring (bicyclic) bond motifs is 1. The first-order chi connectivity index (χ1) is 13.7. The van der Waals surface area contributed by atoms with Crippen molar-refractivity contribution in [3.63, 3.8) is 0 Å². The lowest BCUT2D eigenvalue weighted by molar-refractivity contribution is -0.127. The molecular formula is C17H21N9O2. The highest BCUT2D eigenvalue weighted by Gasteiger charge is 2.20. The molecule has 1 aliphatic heterocycles. The van der Waals surface area contributed by atoms with Crippen LogP contribution in [-0.4, -0.2) is 71.6 Å². The molecule has 1 amide bonds. The van der Waals surface area contributed by atoms with Crippen molar-refractivity contribution in [3.8, 4) is 0 Å². The number of anilines is 3. The number of hydrogen-bond acceptors (Lipinski definition) is 9. The molecule has 0 radical (unpaired) electrons. The Hall–Kier alpha value is -3.34. The molecule has 4 heterocycles. The number of likely N-dealkylation sites (tertiary alicyclic amines) is 1. The molecule has 1 fully saturated rings. The number of nitrogens with one attached hydrogen (secondary N) is 2. The summed E-state index contributed by atoms with van der Waals surface area (Å²) in [6.45, 7) is 2.31. The quantitative estimate of drug-likeness (QED) is 0.505. The van der Waals surface area contributed by atoms with Crippen LogP contribution in [0, 0.1) is 0 Å². The van der Waals surface area contributed by atoms with Gasteiger partial charge < -0.3 is 25.2 Å². The Balaban J connectivity index is 1.62. The Morgan fingerprint density at radius 2 is 2.14 bits per heavy atom. The topological polar surface area (TPSA) is 134 Å². The van der Waals surface area contributed by atoms with E-state index in [-0.39, 0.29) is 12.5 Å². The molecule has 4 rings (SSSR count). The van der Waals surface area contributed by atoms with E-state index in [1.807, 2.05) is 9.47 Å². The van der Waals surface area contributed by atoms with Crippen LogP contribution in [0.25, 0.3) is 11.2 Å². The van der Waals surface area contributed by atoms with E-state index in [4.69, 9.17) is 5.11 Å². The van der Waals surface area contributed by atoms with Gasteiger partial charge in [-0.05, 0) is 12.5 Å². The molecule has 0 atom stereocenters. The molecule has 0 unspecified atom stereocenters. The number of aliphatic hydroxyl groups excluding tert-OH is 1. The van der Waals surface area contributed by atoms with Crippen LogP contribution in [0.4, 0.5) is 17.6 Å². The van der Waals surface area contributed by atoms with Gasteiger partial charge in [0.05, 0.1) is 12.9 Å². The zero-order valence-electron chi connectivity index (χ0n) is 15.2. The number of imidazole rings is 1. The van der Waals surface area contributed by atoms with Crippen molar-refractivity contribution in [3.05, 3.63) is 24.9 Å². The molecule has 0 aliphatic carbocycles. The summed E-state index contributed by atoms with van der Waals surface area (Å²) in [5.41, 5.74) is 1.24. The molecule has 0 aromatic carbocycles. The van der Waals surface area contributed by atoms with Crippen LogP contribution in [0.5, 0.6) is 0 Å². The van der Waals surface area contributed by atoms with Crippen molar-refractivity contribution in [2.24, 2.45) is 0 Å². The van der Waals surface area contributed by atoms with Gasteiger partial charge in [-0.1, -0.05) is 0 Å². The normalized spacial score (nSPS) is 14.0. The summed E-state index contributed by atoms with van der Waals surface area (Å²) in [6.07, 6.45) is 6.28. The largest absolute Gasteiger partial charge is 0.395 e. The smallest absolute Gasteiger partial charge is 0.232 e. The third-order valence-corrected chi connectivity index (χ3v) is 4.47. The molecule has 28 heavy (non-hydrogen) atoms. The second-order valence-electron chi connectivity index (χ2n) is 6.36. The standard InChI is InChI=1S/C17H21N9O2/c27-9-5-19-15-14-16(24-17(23-15)22-12-3-4-18-10-20-12)26(11-21-14)8-7-25-6-1-2-13(25)28/h3-4,10-11,27H,1-2,5-9H2,(H2,18,19,20,22,23,24). The number of aliphatic hydroxyl groups is 1. The van der Waals surface area contributed by atoms with Crippen LogP contribution in [0.15, 0.2) is 24.9 Å². The summed E-state index contributed by atoms with van der Waals surface area (Å²) in [5, 5.41) is 15.3. The van der Waals surface area contributed by atoms with Gasteiger partial charge in [0.25, 0.3) is 0 Å². The number of amides is 1. The number of hydrogen-bond donors (Lipinski definition) is 3. The van der Waals surface area contributed by atoms with Gasteiger partial charge in [-0.15, -0.1) is 0 Å². The van der Waals surface area contributed by atoms with E-state index in [0.717, 1.165) is 13.0 Å². The highest BCUT2D eigenvalue weighted by molar-refractivity contribution is 5.84. The first kappa shape index (κ1) is 18.0. The van der Waals surface area contributed by atoms with Gasteiger partial charge in [-0.2, -0.15) is 9.97 Å². The zero-order chi connectivity index (χ0) is 19.3. The summed E-state index contributed by atoms with van der Waals surface area (Å²) < 4.78 is 1.90. The van der Waals surface area contributed by atoms with Crippen molar-refractivity contribution < 1.29 is 9.90 Å². The molecule has 1 aliphatic rings. The maximum absolute atomic E-state index is 11.8. The van der Waals surface area contributed by atoms with Gasteiger partial charge in [-0.3, -0.25) is 4.79 Å². The fraction of sp³-hybridized carbons (Fsp3) is 0.412. The first-order valence-electron chi connectivity index (χ1n) is 9.13. The summed E-state index contributed by atoms with van der Waals surface area (Å²) >= 11 is 0. The summed E-state index contributed by atoms with van der Waals surface area (Å²) in [5.74, 6) is 1.63. The van der Waals surface area contributed by atoms with Crippen molar-refractivity contribution in [2.75, 3.05) is 36.9 Å². The van der Waals surface area contributed by atoms with E-state index < -0.39 is 0 Å². The molecule has 11 heteroatoms.